The normalized spacial score (nSPS) is 40.1. The molecule has 10 nitrogen and oxygen atoms in total. The fourth-order valence-electron chi connectivity index (χ4n) is 9.73. The Labute approximate surface area is 248 Å². The van der Waals surface area contributed by atoms with Gasteiger partial charge in [0.05, 0.1) is 12.2 Å². The number of hydrogen-bond donors (Lipinski definition) is 3. The molecule has 236 valence electrons. The molecule has 4 amide bonds. The molecule has 3 N–H and O–H groups in total. The number of amides is 4. The van der Waals surface area contributed by atoms with Crippen molar-refractivity contribution in [2.24, 2.45) is 40.4 Å². The van der Waals surface area contributed by atoms with E-state index in [2.05, 4.69) is 16.0 Å². The second-order valence-corrected chi connectivity index (χ2v) is 14.7. The zero-order chi connectivity index (χ0) is 31.1. The van der Waals surface area contributed by atoms with Crippen LogP contribution >= 0.6 is 0 Å². The van der Waals surface area contributed by atoms with E-state index in [1.165, 1.54) is 4.90 Å². The molecule has 2 heterocycles. The molecule has 13 heteroatoms. The zero-order valence-electron chi connectivity index (χ0n) is 24.7. The summed E-state index contributed by atoms with van der Waals surface area (Å²) in [5, 5.41) is 17.3. The molecule has 4 bridgehead atoms. The molecular formula is C30H40F3N5O5. The largest absolute Gasteiger partial charge is 0.471 e. The third-order valence-corrected chi connectivity index (χ3v) is 11.4. The van der Waals surface area contributed by atoms with Crippen molar-refractivity contribution in [1.29, 1.82) is 5.26 Å². The van der Waals surface area contributed by atoms with Gasteiger partial charge in [-0.25, -0.2) is 0 Å². The number of alkyl halides is 3. The molecule has 2 saturated heterocycles. The molecule has 0 radical (unpaired) electrons. The van der Waals surface area contributed by atoms with Crippen LogP contribution in [0.4, 0.5) is 13.2 Å². The molecule has 0 aromatic rings. The van der Waals surface area contributed by atoms with Crippen LogP contribution in [0.2, 0.25) is 0 Å². The van der Waals surface area contributed by atoms with Gasteiger partial charge in [-0.15, -0.1) is 0 Å². The Morgan fingerprint density at radius 1 is 1.12 bits per heavy atom. The molecule has 7 fully saturated rings. The number of likely N-dealkylation sites (tertiary alicyclic amines) is 1. The average molecular weight is 608 g/mol. The smallest absolute Gasteiger partial charge is 0.363 e. The SMILES string of the molecule is CC1CNC(=O)C(CC(C#N)NC(=O)C2C3C(CN2C(=O)C(NC(=O)C(F)(F)F)C24CC5CC(CC(C5)C2)C4)C3(C)C)O1. The molecular weight excluding hydrogens is 567 g/mol. The third kappa shape index (κ3) is 5.27. The Balaban J connectivity index is 1.25. The molecule has 5 saturated carbocycles. The quantitative estimate of drug-likeness (QED) is 0.405. The van der Waals surface area contributed by atoms with Crippen molar-refractivity contribution < 1.29 is 37.1 Å². The first-order valence-corrected chi connectivity index (χ1v) is 15.4. The summed E-state index contributed by atoms with van der Waals surface area (Å²) in [5.74, 6) is -3.12. The fourth-order valence-corrected chi connectivity index (χ4v) is 9.73. The minimum atomic E-state index is -5.16. The van der Waals surface area contributed by atoms with Gasteiger partial charge in [-0.2, -0.15) is 18.4 Å². The Kier molecular flexibility index (Phi) is 7.26. The van der Waals surface area contributed by atoms with Crippen LogP contribution in [0.1, 0.15) is 65.7 Å². The first-order chi connectivity index (χ1) is 20.1. The summed E-state index contributed by atoms with van der Waals surface area (Å²) in [7, 11) is 0. The summed E-state index contributed by atoms with van der Waals surface area (Å²) >= 11 is 0. The standard InChI is InChI=1S/C30H40F3N5O5/c1-14-12-35-24(39)20(43-14)7-18(11-34)36-25(40)22-21-19(28(21,2)3)13-38(22)26(41)23(37-27(42)30(31,32)33)29-8-15-4-16(9-29)6-17(5-15)10-29/h14-23H,4-10,12-13H2,1-3H3,(H,35,39)(H,36,40)(H,37,42). The molecule has 7 atom stereocenters. The van der Waals surface area contributed by atoms with E-state index < -0.39 is 53.5 Å². The van der Waals surface area contributed by atoms with Crippen LogP contribution in [-0.2, 0) is 23.9 Å². The maximum atomic E-state index is 14.4. The number of nitrogens with zero attached hydrogens (tertiary/aromatic N) is 2. The number of ether oxygens (including phenoxy) is 1. The maximum Gasteiger partial charge on any atom is 0.471 e. The lowest BCUT2D eigenvalue weighted by molar-refractivity contribution is -0.179. The number of carbonyl (C=O) groups is 4. The van der Waals surface area contributed by atoms with Crippen molar-refractivity contribution in [2.75, 3.05) is 13.1 Å². The second-order valence-electron chi connectivity index (χ2n) is 14.7. The highest BCUT2D eigenvalue weighted by Gasteiger charge is 2.70. The van der Waals surface area contributed by atoms with Gasteiger partial charge >= 0.3 is 12.1 Å². The lowest BCUT2D eigenvalue weighted by Crippen LogP contribution is -2.65. The molecule has 0 aromatic heterocycles. The Morgan fingerprint density at radius 2 is 1.72 bits per heavy atom. The summed E-state index contributed by atoms with van der Waals surface area (Å²) in [6.45, 7) is 6.27. The minimum absolute atomic E-state index is 0.0450. The number of hydrogen-bond acceptors (Lipinski definition) is 6. The Hall–Kier alpha value is -2.88. The van der Waals surface area contributed by atoms with E-state index in [9.17, 15) is 37.6 Å². The number of carbonyl (C=O) groups excluding carboxylic acids is 4. The highest BCUT2D eigenvalue weighted by atomic mass is 19.4. The van der Waals surface area contributed by atoms with Gasteiger partial charge in [0.2, 0.25) is 17.7 Å². The molecule has 5 aliphatic carbocycles. The number of morpholine rings is 1. The van der Waals surface area contributed by atoms with Crippen LogP contribution in [0, 0.1) is 51.8 Å². The van der Waals surface area contributed by atoms with E-state index in [1.807, 2.05) is 19.9 Å². The van der Waals surface area contributed by atoms with E-state index in [-0.39, 0.29) is 42.2 Å². The van der Waals surface area contributed by atoms with Crippen molar-refractivity contribution in [3.63, 3.8) is 0 Å². The number of nitrogens with one attached hydrogen (secondary N) is 3. The van der Waals surface area contributed by atoms with E-state index in [4.69, 9.17) is 4.74 Å². The average Bonchev–Trinajstić information content (AvgIpc) is 3.24. The highest BCUT2D eigenvalue weighted by Crippen LogP contribution is 2.66. The summed E-state index contributed by atoms with van der Waals surface area (Å²) in [6.07, 6.45) is -1.71. The van der Waals surface area contributed by atoms with Gasteiger partial charge in [0.15, 0.2) is 0 Å². The number of rotatable bonds is 7. The first kappa shape index (κ1) is 30.2. The summed E-state index contributed by atoms with van der Waals surface area (Å²) < 4.78 is 46.3. The minimum Gasteiger partial charge on any atom is -0.363 e. The fraction of sp³-hybridized carbons (Fsp3) is 0.833. The van der Waals surface area contributed by atoms with Crippen molar-refractivity contribution in [2.45, 2.75) is 102 Å². The monoisotopic (exact) mass is 607 g/mol. The van der Waals surface area contributed by atoms with Gasteiger partial charge in [0.25, 0.3) is 0 Å². The van der Waals surface area contributed by atoms with Crippen LogP contribution in [0.5, 0.6) is 0 Å². The number of nitriles is 1. The Morgan fingerprint density at radius 3 is 2.28 bits per heavy atom. The topological polar surface area (TPSA) is 141 Å². The van der Waals surface area contributed by atoms with E-state index >= 15 is 0 Å². The maximum absolute atomic E-state index is 14.4. The lowest BCUT2D eigenvalue weighted by Gasteiger charge is -2.59. The molecule has 7 rings (SSSR count). The van der Waals surface area contributed by atoms with Crippen LogP contribution in [0.25, 0.3) is 0 Å². The van der Waals surface area contributed by atoms with Crippen molar-refractivity contribution in [3.8, 4) is 6.07 Å². The summed E-state index contributed by atoms with van der Waals surface area (Å²) in [6, 6.07) is -1.48. The molecule has 2 aliphatic heterocycles. The van der Waals surface area contributed by atoms with E-state index in [0.29, 0.717) is 43.6 Å². The molecule has 0 spiro atoms. The van der Waals surface area contributed by atoms with Crippen LogP contribution in [-0.4, -0.2) is 78.1 Å². The van der Waals surface area contributed by atoms with E-state index in [1.54, 1.807) is 6.92 Å². The van der Waals surface area contributed by atoms with Crippen LogP contribution in [0.3, 0.4) is 0 Å². The van der Waals surface area contributed by atoms with Gasteiger partial charge in [0.1, 0.15) is 24.2 Å². The van der Waals surface area contributed by atoms with Crippen molar-refractivity contribution >= 4 is 23.6 Å². The molecule has 7 aliphatic rings. The summed E-state index contributed by atoms with van der Waals surface area (Å²) in [4.78, 5) is 54.2. The third-order valence-electron chi connectivity index (χ3n) is 11.4. The highest BCUT2D eigenvalue weighted by molar-refractivity contribution is 5.95. The molecule has 0 aromatic carbocycles. The molecule has 43 heavy (non-hydrogen) atoms. The van der Waals surface area contributed by atoms with Crippen molar-refractivity contribution in [1.82, 2.24) is 20.9 Å². The predicted molar refractivity (Wildman–Crippen MR) is 144 cm³/mol. The van der Waals surface area contributed by atoms with Crippen LogP contribution in [0.15, 0.2) is 0 Å². The lowest BCUT2D eigenvalue weighted by atomic mass is 9.47. The van der Waals surface area contributed by atoms with Gasteiger partial charge < -0.3 is 25.6 Å². The van der Waals surface area contributed by atoms with Gasteiger partial charge in [-0.3, -0.25) is 19.2 Å². The number of halogens is 3. The molecule has 7 unspecified atom stereocenters. The summed E-state index contributed by atoms with van der Waals surface area (Å²) in [5.41, 5.74) is -1.07. The Bertz CT molecular complexity index is 1210. The predicted octanol–water partition coefficient (Wildman–Crippen LogP) is 2.03. The number of piperidine rings is 1. The van der Waals surface area contributed by atoms with Crippen LogP contribution < -0.4 is 16.0 Å². The second kappa shape index (κ2) is 10.3. The van der Waals surface area contributed by atoms with Gasteiger partial charge in [-0.1, -0.05) is 13.8 Å². The zero-order valence-corrected chi connectivity index (χ0v) is 24.7. The van der Waals surface area contributed by atoms with E-state index in [0.717, 1.165) is 19.3 Å². The number of fused-ring (bicyclic) bond motifs is 1. The van der Waals surface area contributed by atoms with Gasteiger partial charge in [-0.05, 0) is 80.5 Å². The van der Waals surface area contributed by atoms with Crippen molar-refractivity contribution in [3.05, 3.63) is 0 Å². The van der Waals surface area contributed by atoms with Gasteiger partial charge in [0, 0.05) is 24.9 Å². The first-order valence-electron chi connectivity index (χ1n) is 15.4.